The molecule has 0 unspecified atom stereocenters. The van der Waals surface area contributed by atoms with Crippen LogP contribution in [0.2, 0.25) is 0 Å². The fourth-order valence-corrected chi connectivity index (χ4v) is 5.59. The first-order chi connectivity index (χ1) is 24.8. The van der Waals surface area contributed by atoms with E-state index in [2.05, 4.69) is 10.4 Å². The summed E-state index contributed by atoms with van der Waals surface area (Å²) >= 11 is 0. The zero-order valence-electron chi connectivity index (χ0n) is 27.6. The quantitative estimate of drug-likeness (QED) is 0.116. The van der Waals surface area contributed by atoms with E-state index in [1.54, 1.807) is 78.9 Å². The molecular weight excluding hydrogens is 646 g/mol. The van der Waals surface area contributed by atoms with Crippen LogP contribution in [-0.2, 0) is 4.79 Å². The number of amides is 2. The molecule has 6 rings (SSSR count). The number of nitrogens with one attached hydrogen (secondary N) is 1. The first kappa shape index (κ1) is 33.9. The normalized spacial score (nSPS) is 10.7. The molecule has 51 heavy (non-hydrogen) atoms. The number of aromatic nitrogens is 2. The Morgan fingerprint density at radius 1 is 0.588 bits per heavy atom. The first-order valence-corrected chi connectivity index (χ1v) is 15.9. The van der Waals surface area contributed by atoms with Crippen molar-refractivity contribution in [2.24, 2.45) is 5.92 Å². The number of imide groups is 1. The number of hydrogen-bond donors (Lipinski definition) is 1. The lowest BCUT2D eigenvalue weighted by Crippen LogP contribution is -2.43. The molecule has 0 radical (unpaired) electrons. The number of Topliss-reactive ketones (excluding diaryl/α,β-unsaturated/α-hetero) is 2. The number of carbonyl (C=O) groups is 5. The highest BCUT2D eigenvalue weighted by Crippen LogP contribution is 2.32. The molecule has 1 heterocycles. The van der Waals surface area contributed by atoms with Crippen LogP contribution in [0.3, 0.4) is 0 Å². The number of rotatable bonds is 12. The van der Waals surface area contributed by atoms with E-state index in [1.165, 1.54) is 67.4 Å². The molecule has 10 heteroatoms. The van der Waals surface area contributed by atoms with Crippen molar-refractivity contribution in [1.29, 1.82) is 0 Å². The fraction of sp³-hybridized carbons (Fsp3) is 0.0732. The summed E-state index contributed by atoms with van der Waals surface area (Å²) in [6, 6.07) is 38.0. The van der Waals surface area contributed by atoms with Gasteiger partial charge in [0, 0.05) is 22.3 Å². The lowest BCUT2D eigenvalue weighted by molar-refractivity contribution is -0.121. The van der Waals surface area contributed by atoms with E-state index in [1.807, 2.05) is 12.1 Å². The number of para-hydroxylation sites is 1. The Kier molecular flexibility index (Phi) is 10.0. The van der Waals surface area contributed by atoms with Crippen LogP contribution in [0.5, 0.6) is 11.5 Å². The highest BCUT2D eigenvalue weighted by molar-refractivity contribution is 6.30. The Hall–Kier alpha value is -6.94. The standard InChI is InChI=1S/C41H31N3O7/c1-50-31-22-18-28(19-23-31)38(46)34(39(47)29-20-24-32(51-2)25-21-29)40(48)42-41(49)35-33(37(45)27-14-8-4-9-15-27)36(26-12-6-3-7-13-26)44(43-35)30-16-10-5-11-17-30/h3-25,34H,1-2H3,(H,42,48,49). The lowest BCUT2D eigenvalue weighted by Gasteiger charge is -2.15. The van der Waals surface area contributed by atoms with E-state index in [4.69, 9.17) is 9.47 Å². The number of hydrogen-bond acceptors (Lipinski definition) is 8. The van der Waals surface area contributed by atoms with E-state index < -0.39 is 35.1 Å². The van der Waals surface area contributed by atoms with Gasteiger partial charge in [0.2, 0.25) is 5.91 Å². The average Bonchev–Trinajstić information content (AvgIpc) is 3.59. The van der Waals surface area contributed by atoms with E-state index in [0.717, 1.165) is 0 Å². The van der Waals surface area contributed by atoms with Crippen molar-refractivity contribution in [1.82, 2.24) is 15.1 Å². The molecule has 252 valence electrons. The van der Waals surface area contributed by atoms with Gasteiger partial charge in [-0.05, 0) is 60.7 Å². The van der Waals surface area contributed by atoms with Crippen molar-refractivity contribution in [3.05, 3.63) is 167 Å². The third kappa shape index (κ3) is 7.11. The maximum Gasteiger partial charge on any atom is 0.279 e. The first-order valence-electron chi connectivity index (χ1n) is 15.9. The Morgan fingerprint density at radius 2 is 1.06 bits per heavy atom. The molecule has 2 amide bonds. The summed E-state index contributed by atoms with van der Waals surface area (Å²) in [7, 11) is 2.93. The molecule has 0 fully saturated rings. The molecular formula is C41H31N3O7. The smallest absolute Gasteiger partial charge is 0.279 e. The zero-order valence-corrected chi connectivity index (χ0v) is 27.6. The third-order valence-electron chi connectivity index (χ3n) is 8.18. The Morgan fingerprint density at radius 3 is 1.55 bits per heavy atom. The van der Waals surface area contributed by atoms with Gasteiger partial charge in [0.05, 0.1) is 31.2 Å². The summed E-state index contributed by atoms with van der Waals surface area (Å²) in [5, 5.41) is 6.83. The van der Waals surface area contributed by atoms with Gasteiger partial charge in [-0.1, -0.05) is 78.9 Å². The summed E-state index contributed by atoms with van der Waals surface area (Å²) in [5.41, 5.74) is 1.38. The SMILES string of the molecule is COc1ccc(C(=O)C(C(=O)NC(=O)c2nn(-c3ccccc3)c(-c3ccccc3)c2C(=O)c2ccccc2)C(=O)c2ccc(OC)cc2)cc1. The van der Waals surface area contributed by atoms with Crippen LogP contribution in [0.1, 0.15) is 47.1 Å². The second kappa shape index (κ2) is 15.1. The second-order valence-corrected chi connectivity index (χ2v) is 11.3. The predicted molar refractivity (Wildman–Crippen MR) is 189 cm³/mol. The molecule has 0 saturated heterocycles. The van der Waals surface area contributed by atoms with Gasteiger partial charge in [0.1, 0.15) is 11.5 Å². The number of ketones is 3. The summed E-state index contributed by atoms with van der Waals surface area (Å²) < 4.78 is 11.8. The van der Waals surface area contributed by atoms with Gasteiger partial charge in [-0.3, -0.25) is 29.3 Å². The number of carbonyl (C=O) groups excluding carboxylic acids is 5. The topological polar surface area (TPSA) is 134 Å². The number of ether oxygens (including phenoxy) is 2. The van der Waals surface area contributed by atoms with Crippen molar-refractivity contribution < 1.29 is 33.4 Å². The van der Waals surface area contributed by atoms with Gasteiger partial charge >= 0.3 is 0 Å². The summed E-state index contributed by atoms with van der Waals surface area (Å²) in [5.74, 6) is -5.50. The minimum absolute atomic E-state index is 0.0462. The van der Waals surface area contributed by atoms with Gasteiger partial charge in [-0.25, -0.2) is 4.68 Å². The van der Waals surface area contributed by atoms with E-state index in [-0.39, 0.29) is 27.9 Å². The molecule has 0 bridgehead atoms. The van der Waals surface area contributed by atoms with Crippen LogP contribution in [0, 0.1) is 5.92 Å². The van der Waals surface area contributed by atoms with Crippen LogP contribution in [0.15, 0.2) is 140 Å². The molecule has 10 nitrogen and oxygen atoms in total. The highest BCUT2D eigenvalue weighted by Gasteiger charge is 2.38. The largest absolute Gasteiger partial charge is 0.497 e. The minimum atomic E-state index is -1.96. The number of methoxy groups -OCH3 is 2. The van der Waals surface area contributed by atoms with Crippen molar-refractivity contribution in [3.63, 3.8) is 0 Å². The van der Waals surface area contributed by atoms with E-state index >= 15 is 0 Å². The molecule has 1 N–H and O–H groups in total. The fourth-order valence-electron chi connectivity index (χ4n) is 5.59. The zero-order chi connectivity index (χ0) is 35.9. The van der Waals surface area contributed by atoms with Crippen molar-refractivity contribution >= 4 is 29.2 Å². The van der Waals surface area contributed by atoms with Gasteiger partial charge in [0.15, 0.2) is 29.0 Å². The number of benzene rings is 5. The van der Waals surface area contributed by atoms with Crippen LogP contribution >= 0.6 is 0 Å². The van der Waals surface area contributed by atoms with E-state index in [0.29, 0.717) is 28.4 Å². The number of nitrogens with zero attached hydrogens (tertiary/aromatic N) is 2. The molecule has 0 atom stereocenters. The van der Waals surface area contributed by atoms with Gasteiger partial charge in [0.25, 0.3) is 5.91 Å². The van der Waals surface area contributed by atoms with Crippen molar-refractivity contribution in [2.75, 3.05) is 14.2 Å². The molecule has 5 aromatic carbocycles. The summed E-state index contributed by atoms with van der Waals surface area (Å²) in [6.45, 7) is 0. The Bertz CT molecular complexity index is 2150. The maximum atomic E-state index is 14.3. The van der Waals surface area contributed by atoms with Crippen molar-refractivity contribution in [2.45, 2.75) is 0 Å². The van der Waals surface area contributed by atoms with Gasteiger partial charge in [-0.2, -0.15) is 5.10 Å². The lowest BCUT2D eigenvalue weighted by atomic mass is 9.89. The van der Waals surface area contributed by atoms with Crippen LogP contribution < -0.4 is 14.8 Å². The molecule has 0 aliphatic heterocycles. The van der Waals surface area contributed by atoms with Crippen molar-refractivity contribution in [3.8, 4) is 28.4 Å². The molecule has 0 aliphatic carbocycles. The average molecular weight is 678 g/mol. The molecule has 0 aliphatic rings. The summed E-state index contributed by atoms with van der Waals surface area (Å²) in [6.07, 6.45) is 0. The summed E-state index contributed by atoms with van der Waals surface area (Å²) in [4.78, 5) is 70.3. The van der Waals surface area contributed by atoms with E-state index in [9.17, 15) is 24.0 Å². The maximum absolute atomic E-state index is 14.3. The molecule has 6 aromatic rings. The van der Waals surface area contributed by atoms with Gasteiger partial charge < -0.3 is 9.47 Å². The minimum Gasteiger partial charge on any atom is -0.497 e. The van der Waals surface area contributed by atoms with Crippen LogP contribution in [0.4, 0.5) is 0 Å². The Balaban J connectivity index is 1.46. The van der Waals surface area contributed by atoms with Crippen LogP contribution in [-0.4, -0.2) is 53.2 Å². The molecule has 0 saturated carbocycles. The molecule has 1 aromatic heterocycles. The van der Waals surface area contributed by atoms with Gasteiger partial charge in [-0.15, -0.1) is 0 Å². The monoisotopic (exact) mass is 677 g/mol. The predicted octanol–water partition coefficient (Wildman–Crippen LogP) is 6.43. The Labute approximate surface area is 293 Å². The highest BCUT2D eigenvalue weighted by atomic mass is 16.5. The molecule has 0 spiro atoms. The third-order valence-corrected chi connectivity index (χ3v) is 8.18. The second-order valence-electron chi connectivity index (χ2n) is 11.3. The van der Waals surface area contributed by atoms with Crippen LogP contribution in [0.25, 0.3) is 16.9 Å².